The third-order valence-electron chi connectivity index (χ3n) is 7.39. The van der Waals surface area contributed by atoms with E-state index in [9.17, 15) is 9.59 Å². The van der Waals surface area contributed by atoms with E-state index < -0.39 is 11.8 Å². The second-order valence-corrected chi connectivity index (χ2v) is 12.1. The molecule has 21 nitrogen and oxygen atoms in total. The zero-order valence-corrected chi connectivity index (χ0v) is 31.1. The molecule has 2 amide bonds. The smallest absolute Gasteiger partial charge is 0.255 e. The fraction of sp³-hybridized carbons (Fsp3) is 0.176. The minimum absolute atomic E-state index is 0.168. The van der Waals surface area contributed by atoms with Crippen molar-refractivity contribution >= 4 is 75.6 Å². The van der Waals surface area contributed by atoms with Crippen LogP contribution in [0, 0.1) is 21.6 Å². The van der Waals surface area contributed by atoms with Gasteiger partial charge >= 0.3 is 0 Å². The first-order chi connectivity index (χ1) is 25.8. The fourth-order valence-corrected chi connectivity index (χ4v) is 4.61. The average Bonchev–Trinajstić information content (AvgIpc) is 3.13. The highest BCUT2D eigenvalue weighted by molar-refractivity contribution is 6.12. The highest BCUT2D eigenvalue weighted by Crippen LogP contribution is 2.23. The van der Waals surface area contributed by atoms with Gasteiger partial charge in [-0.15, -0.1) is 0 Å². The lowest BCUT2D eigenvalue weighted by atomic mass is 10.0. The normalized spacial score (nSPS) is 11.9. The number of benzene rings is 3. The molecule has 0 fully saturated rings. The van der Waals surface area contributed by atoms with Crippen molar-refractivity contribution in [1.82, 2.24) is 21.7 Å². The van der Waals surface area contributed by atoms with Crippen LogP contribution >= 0.6 is 0 Å². The minimum atomic E-state index is -0.535. The van der Waals surface area contributed by atoms with Crippen LogP contribution in [0.2, 0.25) is 0 Å². The van der Waals surface area contributed by atoms with E-state index in [0.717, 1.165) is 0 Å². The molecule has 3 aromatic carbocycles. The Morgan fingerprint density at radius 2 is 0.727 bits per heavy atom. The van der Waals surface area contributed by atoms with Crippen molar-refractivity contribution in [1.29, 1.82) is 21.6 Å². The van der Waals surface area contributed by atoms with Crippen molar-refractivity contribution in [3.63, 3.8) is 0 Å². The molecule has 0 bridgehead atoms. The van der Waals surface area contributed by atoms with Gasteiger partial charge in [-0.1, -0.05) is 0 Å². The molecule has 0 saturated carbocycles. The highest BCUT2D eigenvalue weighted by atomic mass is 16.2. The number of nitrogens with two attached hydrogens (primary N) is 4. The van der Waals surface area contributed by atoms with Gasteiger partial charge in [-0.25, -0.2) is 21.7 Å². The molecule has 0 aromatic heterocycles. The predicted molar refractivity (Wildman–Crippen MR) is 219 cm³/mol. The number of guanidine groups is 4. The molecule has 0 atom stereocenters. The predicted octanol–water partition coefficient (Wildman–Crippen LogP) is 1.09. The van der Waals surface area contributed by atoms with Crippen molar-refractivity contribution in [2.45, 2.75) is 27.7 Å². The summed E-state index contributed by atoms with van der Waals surface area (Å²) in [5, 5.41) is 51.9. The highest BCUT2D eigenvalue weighted by Gasteiger charge is 2.17. The van der Waals surface area contributed by atoms with Gasteiger partial charge in [-0.2, -0.15) is 20.4 Å². The molecule has 0 radical (unpaired) electrons. The van der Waals surface area contributed by atoms with Gasteiger partial charge in [0.15, 0.2) is 0 Å². The zero-order chi connectivity index (χ0) is 41.0. The first-order valence-corrected chi connectivity index (χ1v) is 16.2. The molecule has 0 spiro atoms. The first kappa shape index (κ1) is 41.6. The van der Waals surface area contributed by atoms with E-state index in [1.54, 1.807) is 95.2 Å². The summed E-state index contributed by atoms with van der Waals surface area (Å²) in [6.07, 6.45) is 0. The van der Waals surface area contributed by atoms with Crippen molar-refractivity contribution in [3.8, 4) is 0 Å². The van der Waals surface area contributed by atoms with E-state index in [0.29, 0.717) is 62.2 Å². The molecule has 55 heavy (non-hydrogen) atoms. The number of carbonyl (C=O) groups excluding carboxylic acids is 2. The minimum Gasteiger partial charge on any atom is -0.378 e. The first-order valence-electron chi connectivity index (χ1n) is 16.2. The van der Waals surface area contributed by atoms with Crippen LogP contribution in [-0.4, -0.2) is 72.6 Å². The molecule has 0 heterocycles. The van der Waals surface area contributed by atoms with E-state index in [1.807, 2.05) is 0 Å². The second kappa shape index (κ2) is 18.6. The van der Waals surface area contributed by atoms with Crippen LogP contribution in [0.1, 0.15) is 70.7 Å². The number of carbonyl (C=O) groups is 2. The largest absolute Gasteiger partial charge is 0.378 e. The molecular weight excluding hydrogens is 707 g/mol. The Morgan fingerprint density at radius 3 is 0.964 bits per heavy atom. The summed E-state index contributed by atoms with van der Waals surface area (Å²) in [7, 11) is 3.54. The van der Waals surface area contributed by atoms with Gasteiger partial charge in [0.05, 0.1) is 22.8 Å². The summed E-state index contributed by atoms with van der Waals surface area (Å²) in [5.74, 6) is -2.52. The second-order valence-electron chi connectivity index (χ2n) is 12.1. The summed E-state index contributed by atoms with van der Waals surface area (Å²) < 4.78 is 0. The number of hydrogen-bond acceptors (Lipinski definition) is 11. The Kier molecular flexibility index (Phi) is 14.1. The van der Waals surface area contributed by atoms with Gasteiger partial charge in [-0.05, 0) is 82.3 Å². The van der Waals surface area contributed by atoms with E-state index in [1.165, 1.54) is 6.07 Å². The monoisotopic (exact) mass is 751 g/mol. The number of hydrazone groups is 4. The Balaban J connectivity index is 2.06. The van der Waals surface area contributed by atoms with Crippen LogP contribution < -0.4 is 60.2 Å². The van der Waals surface area contributed by atoms with Crippen molar-refractivity contribution in [3.05, 3.63) is 88.0 Å². The quantitative estimate of drug-likeness (QED) is 0.0665. The Labute approximate surface area is 316 Å². The van der Waals surface area contributed by atoms with Crippen molar-refractivity contribution < 1.29 is 9.59 Å². The summed E-state index contributed by atoms with van der Waals surface area (Å²) in [4.78, 5) is 29.4. The molecule has 3 rings (SSSR count). The zero-order valence-electron chi connectivity index (χ0n) is 31.1. The number of anilines is 3. The SMILES string of the molecule is C/C(=N/NC(=N)N)c1cc(NC(=O)c2cc(C(=O)Nc3cc(/C(C)=N\NC(=N)N)cc(/C(C)=N/NC(=N)N)c3)cc(N(C)C)c2)cc(/C(C)=N\NC(=N)N)c1. The maximum atomic E-state index is 13.9. The topological polar surface area (TPSA) is 358 Å². The molecule has 3 aromatic rings. The molecule has 0 aliphatic carbocycles. The van der Waals surface area contributed by atoms with E-state index in [2.05, 4.69) is 52.7 Å². The molecular formula is C34H45N19O2. The van der Waals surface area contributed by atoms with Crippen LogP contribution in [0.15, 0.2) is 75.0 Å². The molecule has 0 aliphatic heterocycles. The summed E-state index contributed by atoms with van der Waals surface area (Å²) in [6.45, 7) is 6.72. The molecule has 21 heteroatoms. The van der Waals surface area contributed by atoms with Crippen LogP contribution in [0.25, 0.3) is 0 Å². The average molecular weight is 752 g/mol. The molecule has 18 N–H and O–H groups in total. The summed E-state index contributed by atoms with van der Waals surface area (Å²) in [5.41, 5.74) is 36.7. The number of amides is 2. The van der Waals surface area contributed by atoms with Crippen molar-refractivity contribution in [2.75, 3.05) is 29.6 Å². The van der Waals surface area contributed by atoms with E-state index in [4.69, 9.17) is 44.6 Å². The lowest BCUT2D eigenvalue weighted by molar-refractivity contribution is 0.102. The maximum absolute atomic E-state index is 13.9. The van der Waals surface area contributed by atoms with Gasteiger partial charge in [0.25, 0.3) is 11.8 Å². The van der Waals surface area contributed by atoms with E-state index in [-0.39, 0.29) is 35.0 Å². The van der Waals surface area contributed by atoms with E-state index >= 15 is 0 Å². The van der Waals surface area contributed by atoms with Crippen molar-refractivity contribution in [2.24, 2.45) is 43.3 Å². The van der Waals surface area contributed by atoms with Gasteiger partial charge < -0.3 is 38.5 Å². The van der Waals surface area contributed by atoms with Crippen LogP contribution in [0.4, 0.5) is 17.1 Å². The number of nitrogens with one attached hydrogen (secondary N) is 10. The Morgan fingerprint density at radius 1 is 0.473 bits per heavy atom. The molecule has 0 unspecified atom stereocenters. The third-order valence-corrected chi connectivity index (χ3v) is 7.39. The van der Waals surface area contributed by atoms with Gasteiger partial charge in [-0.3, -0.25) is 31.2 Å². The van der Waals surface area contributed by atoms with Crippen LogP contribution in [0.5, 0.6) is 0 Å². The lowest BCUT2D eigenvalue weighted by Crippen LogP contribution is -2.27. The summed E-state index contributed by atoms with van der Waals surface area (Å²) in [6, 6.07) is 14.9. The third kappa shape index (κ3) is 12.7. The van der Waals surface area contributed by atoms with Gasteiger partial charge in [0.2, 0.25) is 23.8 Å². The van der Waals surface area contributed by atoms with Crippen LogP contribution in [0.3, 0.4) is 0 Å². The fourth-order valence-electron chi connectivity index (χ4n) is 4.61. The van der Waals surface area contributed by atoms with Crippen LogP contribution in [-0.2, 0) is 0 Å². The van der Waals surface area contributed by atoms with Gasteiger partial charge in [0.1, 0.15) is 0 Å². The Hall–Kier alpha value is -7.84. The molecule has 288 valence electrons. The standard InChI is InChI=1S/C34H45N19O2/c1-16(45-49-31(35)36)20-7-21(17(2)46-50-32(37)38)11-26(10-20)43-29(54)24-9-25(15-28(14-24)53(5)6)30(55)44-27-12-22(18(3)47-51-33(39)40)8-23(13-27)19(4)48-52-34(41)42/h7-15H,1-6H3,(H,43,54)(H,44,55)(H4,35,36,49)(H4,37,38,50)(H4,39,40,51)(H4,41,42,52)/b45-16-,46-17-,47-18-,48-19+. The number of hydrogen-bond donors (Lipinski definition) is 14. The maximum Gasteiger partial charge on any atom is 0.255 e. The van der Waals surface area contributed by atoms with Gasteiger partial charge in [0, 0.05) is 64.5 Å². The molecule has 0 saturated heterocycles. The lowest BCUT2D eigenvalue weighted by Gasteiger charge is -2.17. The summed E-state index contributed by atoms with van der Waals surface area (Å²) >= 11 is 0. The number of rotatable bonds is 13. The number of nitrogens with zero attached hydrogens (tertiary/aromatic N) is 5. The Bertz CT molecular complexity index is 1900. The molecule has 0 aliphatic rings.